The van der Waals surface area contributed by atoms with E-state index < -0.39 is 0 Å². The quantitative estimate of drug-likeness (QED) is 0.603. The maximum atomic E-state index is 11.9. The molecule has 23 heavy (non-hydrogen) atoms. The molecule has 0 bridgehead atoms. The summed E-state index contributed by atoms with van der Waals surface area (Å²) in [6.45, 7) is 2.40. The first-order chi connectivity index (χ1) is 11.1. The van der Waals surface area contributed by atoms with Gasteiger partial charge in [0.05, 0.1) is 16.8 Å². The number of nitrogens with one attached hydrogen (secondary N) is 1. The number of anilines is 1. The average molecular weight is 438 g/mol. The highest BCUT2D eigenvalue weighted by Gasteiger charge is 2.07. The van der Waals surface area contributed by atoms with Crippen molar-refractivity contribution in [3.63, 3.8) is 0 Å². The molecule has 1 heterocycles. The van der Waals surface area contributed by atoms with E-state index in [1.54, 1.807) is 11.3 Å². The number of benzene rings is 2. The molecule has 0 saturated heterocycles. The molecule has 2 aromatic carbocycles. The van der Waals surface area contributed by atoms with Crippen molar-refractivity contribution in [2.45, 2.75) is 13.5 Å². The number of carbonyl (C=O) groups is 1. The summed E-state index contributed by atoms with van der Waals surface area (Å²) in [6.07, 6.45) is 0. The van der Waals surface area contributed by atoms with E-state index in [1.165, 1.54) is 5.56 Å². The summed E-state index contributed by atoms with van der Waals surface area (Å²) in [5.74, 6) is -0.161. The lowest BCUT2D eigenvalue weighted by molar-refractivity contribution is -0.121. The minimum Gasteiger partial charge on any atom is -0.364 e. The Hall–Kier alpha value is -1.51. The second kappa shape index (κ2) is 7.37. The number of hydrogen-bond donors (Lipinski definition) is 1. The van der Waals surface area contributed by atoms with Crippen LogP contribution in [0.4, 0.5) is 5.69 Å². The molecule has 0 radical (unpaired) electrons. The monoisotopic (exact) mass is 438 g/mol. The predicted octanol–water partition coefficient (Wildman–Crippen LogP) is 4.36. The van der Waals surface area contributed by atoms with Crippen molar-refractivity contribution in [2.24, 2.45) is 0 Å². The molecule has 1 N–H and O–H groups in total. The van der Waals surface area contributed by atoms with Gasteiger partial charge >= 0.3 is 0 Å². The Morgan fingerprint density at radius 3 is 2.91 bits per heavy atom. The van der Waals surface area contributed by atoms with Crippen molar-refractivity contribution in [1.82, 2.24) is 4.98 Å². The minimum atomic E-state index is -0.161. The zero-order chi connectivity index (χ0) is 16.2. The van der Waals surface area contributed by atoms with Crippen LogP contribution in [-0.2, 0) is 16.1 Å². The number of fused-ring (bicyclic) bond motifs is 1. The summed E-state index contributed by atoms with van der Waals surface area (Å²) in [4.78, 5) is 16.4. The van der Waals surface area contributed by atoms with Gasteiger partial charge in [-0.05, 0) is 59.3 Å². The third-order valence-corrected chi connectivity index (χ3v) is 5.42. The van der Waals surface area contributed by atoms with Crippen LogP contribution in [-0.4, -0.2) is 17.5 Å². The van der Waals surface area contributed by atoms with E-state index in [2.05, 4.69) is 32.9 Å². The zero-order valence-corrected chi connectivity index (χ0v) is 15.5. The second-order valence-electron chi connectivity index (χ2n) is 5.08. The summed E-state index contributed by atoms with van der Waals surface area (Å²) in [5, 5.41) is 3.72. The number of rotatable bonds is 5. The van der Waals surface area contributed by atoms with Crippen LogP contribution in [0.3, 0.4) is 0 Å². The molecule has 1 aromatic heterocycles. The number of amides is 1. The van der Waals surface area contributed by atoms with E-state index in [4.69, 9.17) is 4.74 Å². The smallest absolute Gasteiger partial charge is 0.250 e. The Balaban J connectivity index is 1.51. The highest BCUT2D eigenvalue weighted by atomic mass is 127. The molecule has 0 unspecified atom stereocenters. The van der Waals surface area contributed by atoms with Crippen molar-refractivity contribution in [3.8, 4) is 0 Å². The number of nitrogens with zero attached hydrogens (tertiary/aromatic N) is 1. The summed E-state index contributed by atoms with van der Waals surface area (Å²) >= 11 is 3.84. The van der Waals surface area contributed by atoms with Crippen LogP contribution >= 0.6 is 33.9 Å². The fraction of sp³-hybridized carbons (Fsp3) is 0.176. The average Bonchev–Trinajstić information content (AvgIpc) is 2.93. The van der Waals surface area contributed by atoms with Gasteiger partial charge < -0.3 is 10.1 Å². The fourth-order valence-corrected chi connectivity index (χ4v) is 3.50. The van der Waals surface area contributed by atoms with Crippen LogP contribution in [0.5, 0.6) is 0 Å². The number of aryl methyl sites for hydroxylation is 1. The number of ether oxygens (including phenoxy) is 1. The molecule has 0 aliphatic heterocycles. The van der Waals surface area contributed by atoms with Gasteiger partial charge in [0, 0.05) is 9.26 Å². The molecular formula is C17H15IN2O2S. The van der Waals surface area contributed by atoms with Crippen molar-refractivity contribution in [3.05, 3.63) is 56.6 Å². The van der Waals surface area contributed by atoms with Gasteiger partial charge in [0.1, 0.15) is 11.6 Å². The third kappa shape index (κ3) is 4.27. The molecular weight excluding hydrogens is 423 g/mol. The van der Waals surface area contributed by atoms with E-state index in [9.17, 15) is 4.79 Å². The number of carbonyl (C=O) groups excluding carboxylic acids is 1. The van der Waals surface area contributed by atoms with Crippen molar-refractivity contribution in [2.75, 3.05) is 11.9 Å². The molecule has 3 aromatic rings. The zero-order valence-electron chi connectivity index (χ0n) is 12.5. The second-order valence-corrected chi connectivity index (χ2v) is 7.36. The fourth-order valence-electron chi connectivity index (χ4n) is 2.08. The lowest BCUT2D eigenvalue weighted by Gasteiger charge is -2.07. The molecule has 0 atom stereocenters. The maximum Gasteiger partial charge on any atom is 0.250 e. The standard InChI is InChI=1S/C17H15IN2O2S/c1-11-6-7-12(8-13(11)18)19-16(21)9-22-10-17-20-14-4-2-3-5-15(14)23-17/h2-8H,9-10H2,1H3,(H,19,21). The van der Waals surface area contributed by atoms with E-state index in [1.807, 2.05) is 49.4 Å². The molecule has 0 saturated carbocycles. The molecule has 0 aliphatic carbocycles. The first-order valence-corrected chi connectivity index (χ1v) is 8.99. The van der Waals surface area contributed by atoms with Crippen LogP contribution in [0.25, 0.3) is 10.2 Å². The Morgan fingerprint density at radius 1 is 1.30 bits per heavy atom. The Labute approximate surface area is 152 Å². The molecule has 0 aliphatic rings. The van der Waals surface area contributed by atoms with E-state index >= 15 is 0 Å². The van der Waals surface area contributed by atoms with Crippen molar-refractivity contribution >= 4 is 55.7 Å². The van der Waals surface area contributed by atoms with Crippen LogP contribution < -0.4 is 5.32 Å². The molecule has 118 valence electrons. The van der Waals surface area contributed by atoms with E-state index in [-0.39, 0.29) is 12.5 Å². The van der Waals surface area contributed by atoms with Crippen LogP contribution in [0.1, 0.15) is 10.6 Å². The number of hydrogen-bond acceptors (Lipinski definition) is 4. The molecule has 0 fully saturated rings. The van der Waals surface area contributed by atoms with E-state index in [0.29, 0.717) is 6.61 Å². The Bertz CT molecular complexity index is 814. The normalized spacial score (nSPS) is 10.9. The van der Waals surface area contributed by atoms with Gasteiger partial charge in [-0.2, -0.15) is 0 Å². The molecule has 3 rings (SSSR count). The van der Waals surface area contributed by atoms with Gasteiger partial charge in [0.15, 0.2) is 0 Å². The van der Waals surface area contributed by atoms with Gasteiger partial charge in [0.2, 0.25) is 5.91 Å². The lowest BCUT2D eigenvalue weighted by atomic mass is 10.2. The first-order valence-electron chi connectivity index (χ1n) is 7.10. The summed E-state index contributed by atoms with van der Waals surface area (Å²) in [7, 11) is 0. The van der Waals surface area contributed by atoms with Crippen LogP contribution in [0.2, 0.25) is 0 Å². The summed E-state index contributed by atoms with van der Waals surface area (Å²) in [6, 6.07) is 13.8. The molecule has 4 nitrogen and oxygen atoms in total. The van der Waals surface area contributed by atoms with Gasteiger partial charge in [-0.15, -0.1) is 11.3 Å². The van der Waals surface area contributed by atoms with Crippen LogP contribution in [0, 0.1) is 10.5 Å². The SMILES string of the molecule is Cc1ccc(NC(=O)COCc2nc3ccccc3s2)cc1I. The van der Waals surface area contributed by atoms with E-state index in [0.717, 1.165) is 24.5 Å². The first kappa shape index (κ1) is 16.4. The number of aromatic nitrogens is 1. The predicted molar refractivity (Wildman–Crippen MR) is 102 cm³/mol. The Morgan fingerprint density at radius 2 is 2.13 bits per heavy atom. The minimum absolute atomic E-state index is 0.0143. The summed E-state index contributed by atoms with van der Waals surface area (Å²) < 4.78 is 7.72. The van der Waals surface area contributed by atoms with Gasteiger partial charge in [-0.1, -0.05) is 18.2 Å². The topological polar surface area (TPSA) is 51.2 Å². The number of thiazole rings is 1. The number of para-hydroxylation sites is 1. The molecule has 6 heteroatoms. The highest BCUT2D eigenvalue weighted by Crippen LogP contribution is 2.22. The Kier molecular flexibility index (Phi) is 5.24. The van der Waals surface area contributed by atoms with Crippen LogP contribution in [0.15, 0.2) is 42.5 Å². The highest BCUT2D eigenvalue weighted by molar-refractivity contribution is 14.1. The molecule has 0 spiro atoms. The van der Waals surface area contributed by atoms with Gasteiger partial charge in [-0.25, -0.2) is 4.98 Å². The number of halogens is 1. The summed E-state index contributed by atoms with van der Waals surface area (Å²) in [5.41, 5.74) is 2.94. The lowest BCUT2D eigenvalue weighted by Crippen LogP contribution is -2.18. The largest absolute Gasteiger partial charge is 0.364 e. The maximum absolute atomic E-state index is 11.9. The third-order valence-electron chi connectivity index (χ3n) is 3.25. The van der Waals surface area contributed by atoms with Crippen molar-refractivity contribution in [1.29, 1.82) is 0 Å². The van der Waals surface area contributed by atoms with Gasteiger partial charge in [0.25, 0.3) is 0 Å². The van der Waals surface area contributed by atoms with Gasteiger partial charge in [-0.3, -0.25) is 4.79 Å². The molecule has 1 amide bonds. The van der Waals surface area contributed by atoms with Crippen molar-refractivity contribution < 1.29 is 9.53 Å².